The lowest BCUT2D eigenvalue weighted by molar-refractivity contribution is 0.567. The summed E-state index contributed by atoms with van der Waals surface area (Å²) in [5.74, 6) is -1.86. The Kier molecular flexibility index (Phi) is 3.96. The summed E-state index contributed by atoms with van der Waals surface area (Å²) >= 11 is 0. The maximum atomic E-state index is 13.2. The Bertz CT molecular complexity index is 901. The monoisotopic (exact) mass is 334 g/mol. The van der Waals surface area contributed by atoms with E-state index in [-0.39, 0.29) is 4.90 Å². The maximum Gasteiger partial charge on any atom is 0.206 e. The van der Waals surface area contributed by atoms with Crippen LogP contribution in [0.15, 0.2) is 71.0 Å². The molecule has 0 aliphatic rings. The summed E-state index contributed by atoms with van der Waals surface area (Å²) in [5.41, 5.74) is 0.882. The van der Waals surface area contributed by atoms with Crippen molar-refractivity contribution in [2.45, 2.75) is 16.3 Å². The molecule has 0 aliphatic carbocycles. The zero-order valence-electron chi connectivity index (χ0n) is 11.9. The molecule has 23 heavy (non-hydrogen) atoms. The van der Waals surface area contributed by atoms with Gasteiger partial charge < -0.3 is 4.57 Å². The van der Waals surface area contributed by atoms with E-state index in [0.29, 0.717) is 12.6 Å². The molecule has 3 rings (SSSR count). The van der Waals surface area contributed by atoms with Gasteiger partial charge in [-0.25, -0.2) is 22.2 Å². The van der Waals surface area contributed by atoms with Crippen LogP contribution in [0.5, 0.6) is 0 Å². The van der Waals surface area contributed by atoms with E-state index in [1.165, 1.54) is 12.1 Å². The Hall–Kier alpha value is -2.54. The van der Waals surface area contributed by atoms with Crippen LogP contribution in [0.4, 0.5) is 8.78 Å². The first kappa shape index (κ1) is 15.4. The first-order valence-corrected chi connectivity index (χ1v) is 8.19. The van der Waals surface area contributed by atoms with Crippen molar-refractivity contribution < 1.29 is 17.2 Å². The van der Waals surface area contributed by atoms with Crippen LogP contribution in [-0.4, -0.2) is 18.0 Å². The van der Waals surface area contributed by atoms with Crippen molar-refractivity contribution in [3.05, 3.63) is 78.4 Å². The average molecular weight is 334 g/mol. The smallest absolute Gasteiger partial charge is 0.206 e. The molecule has 2 aromatic carbocycles. The molecule has 1 aromatic heterocycles. The van der Waals surface area contributed by atoms with Gasteiger partial charge in [-0.15, -0.1) is 0 Å². The van der Waals surface area contributed by atoms with Gasteiger partial charge in [0.05, 0.1) is 16.1 Å². The second-order valence-corrected chi connectivity index (χ2v) is 6.94. The Morgan fingerprint density at radius 3 is 2.17 bits per heavy atom. The molecule has 3 aromatic rings. The van der Waals surface area contributed by atoms with Gasteiger partial charge >= 0.3 is 0 Å². The van der Waals surface area contributed by atoms with Gasteiger partial charge in [-0.2, -0.15) is 0 Å². The number of halogens is 2. The normalized spacial score (nSPS) is 11.6. The number of hydrogen-bond donors (Lipinski definition) is 0. The number of imidazole rings is 1. The minimum atomic E-state index is -3.96. The van der Waals surface area contributed by atoms with Crippen LogP contribution in [0.3, 0.4) is 0 Å². The Morgan fingerprint density at radius 2 is 1.61 bits per heavy atom. The lowest BCUT2D eigenvalue weighted by Crippen LogP contribution is -2.04. The number of sulfone groups is 1. The van der Waals surface area contributed by atoms with E-state index in [1.807, 2.05) is 4.57 Å². The lowest BCUT2D eigenvalue weighted by atomic mass is 10.2. The summed E-state index contributed by atoms with van der Waals surface area (Å²) in [5, 5.41) is 0. The Morgan fingerprint density at radius 1 is 0.957 bits per heavy atom. The second-order valence-electron chi connectivity index (χ2n) is 4.99. The molecule has 0 atom stereocenters. The van der Waals surface area contributed by atoms with Gasteiger partial charge in [0.15, 0.2) is 0 Å². The van der Waals surface area contributed by atoms with Crippen molar-refractivity contribution in [2.24, 2.45) is 0 Å². The first-order chi connectivity index (χ1) is 10.9. The second kappa shape index (κ2) is 5.92. The summed E-state index contributed by atoms with van der Waals surface area (Å²) in [6.07, 6.45) is 5.09. The highest BCUT2D eigenvalue weighted by molar-refractivity contribution is 7.91. The number of benzene rings is 2. The quantitative estimate of drug-likeness (QED) is 0.737. The molecule has 0 bridgehead atoms. The van der Waals surface area contributed by atoms with Crippen molar-refractivity contribution in [2.75, 3.05) is 0 Å². The molecule has 0 unspecified atom stereocenters. The third-order valence-corrected chi connectivity index (χ3v) is 5.05. The van der Waals surface area contributed by atoms with Crippen LogP contribution in [0, 0.1) is 11.6 Å². The highest BCUT2D eigenvalue weighted by atomic mass is 32.2. The molecule has 0 fully saturated rings. The minimum Gasteiger partial charge on any atom is -0.333 e. The molecular weight excluding hydrogens is 322 g/mol. The largest absolute Gasteiger partial charge is 0.333 e. The van der Waals surface area contributed by atoms with Crippen molar-refractivity contribution in [1.29, 1.82) is 0 Å². The fraction of sp³-hybridized carbons (Fsp3) is 0.0625. The molecule has 118 valence electrons. The molecule has 1 heterocycles. The summed E-state index contributed by atoms with van der Waals surface area (Å²) in [6.45, 7) is 0.551. The van der Waals surface area contributed by atoms with Gasteiger partial charge in [-0.1, -0.05) is 12.1 Å². The highest BCUT2D eigenvalue weighted by Crippen LogP contribution is 2.23. The van der Waals surface area contributed by atoms with Crippen molar-refractivity contribution in [1.82, 2.24) is 9.55 Å². The van der Waals surface area contributed by atoms with Crippen LogP contribution in [-0.2, 0) is 16.4 Å². The van der Waals surface area contributed by atoms with Crippen LogP contribution >= 0.6 is 0 Å². The third kappa shape index (κ3) is 3.29. The predicted octanol–water partition coefficient (Wildman–Crippen LogP) is 3.04. The summed E-state index contributed by atoms with van der Waals surface area (Å²) in [6, 6.07) is 8.39. The number of hydrogen-bond acceptors (Lipinski definition) is 3. The van der Waals surface area contributed by atoms with Crippen LogP contribution in [0.1, 0.15) is 5.56 Å². The summed E-state index contributed by atoms with van der Waals surface area (Å²) < 4.78 is 53.1. The Balaban J connectivity index is 1.91. The van der Waals surface area contributed by atoms with Gasteiger partial charge in [0.2, 0.25) is 9.84 Å². The molecular formula is C16H12F2N2O2S. The lowest BCUT2D eigenvalue weighted by Gasteiger charge is -2.07. The van der Waals surface area contributed by atoms with Gasteiger partial charge in [0.25, 0.3) is 0 Å². The maximum absolute atomic E-state index is 13.2. The van der Waals surface area contributed by atoms with E-state index in [4.69, 9.17) is 0 Å². The third-order valence-electron chi connectivity index (χ3n) is 3.30. The van der Waals surface area contributed by atoms with E-state index >= 15 is 0 Å². The SMILES string of the molecule is O=S(=O)(c1ccc(Cn2ccnc2)cc1)c1cc(F)cc(F)c1. The number of nitrogens with zero attached hydrogens (tertiary/aromatic N) is 2. The van der Waals surface area contributed by atoms with Crippen molar-refractivity contribution in [3.63, 3.8) is 0 Å². The fourth-order valence-electron chi connectivity index (χ4n) is 2.18. The molecule has 0 radical (unpaired) electrons. The van der Waals surface area contributed by atoms with Gasteiger partial charge in [-0.3, -0.25) is 0 Å². The van der Waals surface area contributed by atoms with E-state index in [0.717, 1.165) is 17.7 Å². The first-order valence-electron chi connectivity index (χ1n) is 6.71. The van der Waals surface area contributed by atoms with Gasteiger partial charge in [0, 0.05) is 25.0 Å². The molecule has 0 spiro atoms. The number of aromatic nitrogens is 2. The van der Waals surface area contributed by atoms with E-state index < -0.39 is 26.4 Å². The van der Waals surface area contributed by atoms with E-state index in [1.54, 1.807) is 30.9 Å². The zero-order chi connectivity index (χ0) is 16.4. The molecule has 0 saturated heterocycles. The minimum absolute atomic E-state index is 0.0168. The average Bonchev–Trinajstić information content (AvgIpc) is 3.00. The standard InChI is InChI=1S/C16H12F2N2O2S/c17-13-7-14(18)9-16(8-13)23(21,22)15-3-1-12(2-4-15)10-20-6-5-19-11-20/h1-9,11H,10H2. The summed E-state index contributed by atoms with van der Waals surface area (Å²) in [7, 11) is -3.96. The molecule has 0 amide bonds. The van der Waals surface area contributed by atoms with Crippen molar-refractivity contribution in [3.8, 4) is 0 Å². The Labute approximate surface area is 132 Å². The van der Waals surface area contributed by atoms with Crippen LogP contribution in [0.25, 0.3) is 0 Å². The fourth-order valence-corrected chi connectivity index (χ4v) is 3.49. The van der Waals surface area contributed by atoms with Crippen LogP contribution < -0.4 is 0 Å². The molecule has 4 nitrogen and oxygen atoms in total. The predicted molar refractivity (Wildman–Crippen MR) is 79.6 cm³/mol. The van der Waals surface area contributed by atoms with E-state index in [9.17, 15) is 17.2 Å². The van der Waals surface area contributed by atoms with E-state index in [2.05, 4.69) is 4.98 Å². The van der Waals surface area contributed by atoms with Crippen LogP contribution in [0.2, 0.25) is 0 Å². The van der Waals surface area contributed by atoms with Crippen molar-refractivity contribution >= 4 is 9.84 Å². The highest BCUT2D eigenvalue weighted by Gasteiger charge is 2.19. The van der Waals surface area contributed by atoms with Gasteiger partial charge in [0.1, 0.15) is 11.6 Å². The zero-order valence-corrected chi connectivity index (χ0v) is 12.7. The number of rotatable bonds is 4. The topological polar surface area (TPSA) is 52.0 Å². The molecule has 0 aliphatic heterocycles. The molecule has 7 heteroatoms. The van der Waals surface area contributed by atoms with Gasteiger partial charge in [-0.05, 0) is 29.8 Å². The molecule has 0 N–H and O–H groups in total. The summed E-state index contributed by atoms with van der Waals surface area (Å²) in [4.78, 5) is 3.51. The molecule has 0 saturated carbocycles.